The number of hydrogen-bond acceptors (Lipinski definition) is 3. The second-order valence-electron chi connectivity index (χ2n) is 17.1. The van der Waals surface area contributed by atoms with E-state index in [-0.39, 0.29) is 0 Å². The number of benzene rings is 6. The summed E-state index contributed by atoms with van der Waals surface area (Å²) in [6.45, 7) is 0. The van der Waals surface area contributed by atoms with Crippen molar-refractivity contribution in [3.8, 4) is 11.4 Å². The fourth-order valence-electron chi connectivity index (χ4n) is 7.67. The molecule has 0 saturated heterocycles. The predicted octanol–water partition coefficient (Wildman–Crippen LogP) is 10.2. The molecular formula is C36H21ClN2OS102. The Bertz CT molecular complexity index is 11400. The van der Waals surface area contributed by atoms with Gasteiger partial charge in [0.25, 0.3) is 0 Å². The highest BCUT2D eigenvalue weighted by molar-refractivity contribution is 8.88. The maximum absolute atomic E-state index is 6.69. The van der Waals surface area contributed by atoms with E-state index in [1.807, 2.05) is 782 Å². The molecule has 0 unspecified atom stereocenters. The smallest absolute Gasteiger partial charge is 0.159 e. The van der Waals surface area contributed by atoms with Gasteiger partial charge in [0.1, 0.15) is 5.58 Å². The summed E-state index contributed by atoms with van der Waals surface area (Å²) in [5, 5.41) is 7.52. The molecule has 3 aromatic heterocycles. The van der Waals surface area contributed by atoms with Crippen LogP contribution in [0.2, 0.25) is 5.02 Å². The summed E-state index contributed by atoms with van der Waals surface area (Å²) in [6.07, 6.45) is 0. The standard InChI is InChI=1S/C36H21ClN2O.S102/c37-28-15-9-19-32-33(28)27-14-8-18-31(36(27)40-32)39-30-17-7-5-13-24(30)26-21-20-25-23-12-4-6-16-29(23)38(34(25)35(26)39)22-10-2-1-3-11-22;1-3-5-7-9-11-13-15-17-19-21-23-25-27-29-31-33-35-37-39-41-43-45-47-49-51-53-55-57-59-61-63-65-67-69-71-73-75-77-79-81-83-85-87-89-91-93-95-97-99-101-102-100-98-96-94-92-90-88-86-84-82-80-78-76-74-72-70-68-66-64-62-60-58-56-54-52-50-48-46-44-42-40-38-36-34-32-30-28-26-24-22-20-18-16-14-12-10-8-6-4-2/h1-21H;. The van der Waals surface area contributed by atoms with E-state index in [0.717, 1.165) is 44.3 Å². The van der Waals surface area contributed by atoms with E-state index in [2.05, 4.69) is 118 Å². The summed E-state index contributed by atoms with van der Waals surface area (Å²) < 4.78 is 11.3. The lowest BCUT2D eigenvalue weighted by molar-refractivity contribution is 0.666. The predicted molar refractivity (Wildman–Crippen MR) is 919 cm³/mol. The molecule has 0 fully saturated rings. The summed E-state index contributed by atoms with van der Waals surface area (Å²) in [4.78, 5) is 0. The highest BCUT2D eigenvalue weighted by Crippen LogP contribution is 2.44. The minimum atomic E-state index is 0.696. The van der Waals surface area contributed by atoms with Gasteiger partial charge in [-0.15, -0.1) is 0 Å². The number of hydrogen-bond donors (Lipinski definition) is 0. The van der Waals surface area contributed by atoms with Crippen molar-refractivity contribution >= 4 is 988 Å². The first-order chi connectivity index (χ1) is 70.7. The lowest BCUT2D eigenvalue weighted by atomic mass is 10.1. The summed E-state index contributed by atoms with van der Waals surface area (Å²) in [5.74, 6) is 0. The van der Waals surface area contributed by atoms with Crippen molar-refractivity contribution in [1.29, 1.82) is 0 Å². The van der Waals surface area contributed by atoms with Crippen LogP contribution in [-0.4, -0.2) is 9.13 Å². The van der Waals surface area contributed by atoms with E-state index < -0.39 is 0 Å². The second-order valence-corrected chi connectivity index (χ2v) is 194. The first-order valence-corrected chi connectivity index (χ1v) is 165. The third-order valence-electron chi connectivity index (χ3n) is 10.9. The van der Waals surface area contributed by atoms with E-state index in [1.54, 1.807) is 107 Å². The Morgan fingerprint density at radius 1 is 0.169 bits per heavy atom. The van der Waals surface area contributed by atoms with Gasteiger partial charge in [-0.3, -0.25) is 0 Å². The average molecular weight is 3800 g/mol. The normalized spacial score (nSPS) is 9.08. The topological polar surface area (TPSA) is 23.0 Å². The molecule has 0 N–H and O–H groups in total. The van der Waals surface area contributed by atoms with Crippen LogP contribution in [-0.2, 0) is 910 Å². The summed E-state index contributed by atoms with van der Waals surface area (Å²) in [7, 11) is 181. The summed E-state index contributed by atoms with van der Waals surface area (Å²) >= 11 is 16.3. The van der Waals surface area contributed by atoms with Crippen LogP contribution in [0.4, 0.5) is 0 Å². The fourth-order valence-corrected chi connectivity index (χ4v) is 277. The SMILES string of the molecule is Clc1cccc2oc3c(-n4c5ccccc5c5ccc6c7ccccc7n(-c7ccccc7)c6c54)cccc3c12.S=S=S=S=S=S=S=S=S=S=S=S=S=S=S=S=S=S=S=S=S=S=S=S=S=S=S=S=S=S=S=S=S=S=S=S=S=S=S=S=S=S=S=S=S=S=S=S=S=S=S=S=S=S=S=S=S=S=S=S=S=S=S=S=S=S=S=S=S=S=S=S=S=S=S=S=S=S=S=S=S=S=S=S=S=S=S=S=S=S=S=S=S=S=S=S=S=S=S=S=S=S. The van der Waals surface area contributed by atoms with Gasteiger partial charge in [0, 0.05) is 948 Å². The molecule has 0 atom stereocenters. The van der Waals surface area contributed by atoms with Crippen molar-refractivity contribution in [2.75, 3.05) is 0 Å². The number of halogens is 1. The quantitative estimate of drug-likeness (QED) is 0.172. The molecule has 0 radical (unpaired) electrons. The third-order valence-corrected chi connectivity index (χ3v) is 231. The first-order valence-electron chi connectivity index (χ1n) is 30.2. The molecule has 0 amide bonds. The Balaban J connectivity index is 0.000000496. The molecule has 3 heterocycles. The molecule has 0 saturated carbocycles. The van der Waals surface area contributed by atoms with Crippen molar-refractivity contribution in [2.24, 2.45) is 0 Å². The van der Waals surface area contributed by atoms with Gasteiger partial charge in [-0.05, 0) is 42.5 Å². The van der Waals surface area contributed by atoms with Crippen LogP contribution in [0.1, 0.15) is 0 Å². The Hall–Kier alpha value is 17.5. The van der Waals surface area contributed by atoms with Gasteiger partial charge in [-0.25, -0.2) is 0 Å². The second kappa shape index (κ2) is 108. The average Bonchev–Trinajstić information content (AvgIpc) is 1.54. The Kier molecular flexibility index (Phi) is 110. The molecule has 0 aliphatic rings. The molecular weight excluding hydrogens is 3780 g/mol. The molecule has 0 spiro atoms. The van der Waals surface area contributed by atoms with Gasteiger partial charge >= 0.3 is 0 Å². The van der Waals surface area contributed by atoms with Crippen LogP contribution in [0.15, 0.2) is 132 Å². The molecule has 800 valence electrons. The minimum absolute atomic E-state index is 0.696. The van der Waals surface area contributed by atoms with Crippen LogP contribution in [0.25, 0.3) is 76.9 Å². The van der Waals surface area contributed by atoms with Gasteiger partial charge < -0.3 is 13.6 Å². The van der Waals surface area contributed by atoms with Gasteiger partial charge in [0.2, 0.25) is 0 Å². The monoisotopic (exact) mass is 3790 g/mol. The van der Waals surface area contributed by atoms with Crippen molar-refractivity contribution in [3.05, 3.63) is 132 Å². The molecule has 0 aliphatic heterocycles. The van der Waals surface area contributed by atoms with Crippen LogP contribution in [0.3, 0.4) is 0 Å². The zero-order valence-electron chi connectivity index (χ0n) is 62.9. The largest absolute Gasteiger partial charge is 0.454 e. The number of para-hydroxylation sites is 4. The zero-order chi connectivity index (χ0) is 99.1. The summed E-state index contributed by atoms with van der Waals surface area (Å²) in [5.41, 5.74) is 8.38. The van der Waals surface area contributed by atoms with Crippen molar-refractivity contribution in [2.45, 2.75) is 0 Å². The molecule has 0 bridgehead atoms. The van der Waals surface area contributed by atoms with E-state index in [4.69, 9.17) is 38.4 Å². The molecule has 142 heavy (non-hydrogen) atoms. The van der Waals surface area contributed by atoms with Crippen molar-refractivity contribution < 1.29 is 4.42 Å². The number of furan rings is 1. The third kappa shape index (κ3) is 71.9. The summed E-state index contributed by atoms with van der Waals surface area (Å²) in [6, 6.07) is 44.7. The molecule has 9 aromatic rings. The lowest BCUT2D eigenvalue weighted by Crippen LogP contribution is -1.98. The number of fused-ring (bicyclic) bond motifs is 10. The number of aromatic nitrogens is 2. The zero-order valence-corrected chi connectivity index (χ0v) is 147. The van der Waals surface area contributed by atoms with E-state index in [0.29, 0.717) is 5.02 Å². The van der Waals surface area contributed by atoms with Crippen LogP contribution < -0.4 is 0 Å². The van der Waals surface area contributed by atoms with Crippen LogP contribution in [0, 0.1) is 0 Å². The lowest BCUT2D eigenvalue weighted by Gasteiger charge is -2.12. The van der Waals surface area contributed by atoms with E-state index in [9.17, 15) is 0 Å². The van der Waals surface area contributed by atoms with Crippen LogP contribution in [0.5, 0.6) is 0 Å². The molecule has 3 nitrogen and oxygen atoms in total. The molecule has 106 heteroatoms. The van der Waals surface area contributed by atoms with E-state index >= 15 is 0 Å². The van der Waals surface area contributed by atoms with Gasteiger partial charge in [0.15, 0.2) is 5.58 Å². The maximum atomic E-state index is 6.69. The number of rotatable bonds is 2. The van der Waals surface area contributed by atoms with Gasteiger partial charge in [-0.1, -0.05) is 96.5 Å². The Morgan fingerprint density at radius 2 is 0.359 bits per heavy atom. The minimum Gasteiger partial charge on any atom is -0.454 e. The molecule has 0 aliphatic carbocycles. The Morgan fingerprint density at radius 3 is 0.592 bits per heavy atom. The molecule has 6 aromatic carbocycles. The van der Waals surface area contributed by atoms with Crippen molar-refractivity contribution in [1.82, 2.24) is 9.13 Å². The maximum Gasteiger partial charge on any atom is 0.159 e. The molecule has 9 rings (SSSR count). The Labute approximate surface area is 1110 Å². The first kappa shape index (κ1) is 144. The van der Waals surface area contributed by atoms with Gasteiger partial charge in [0.05, 0.1) is 32.8 Å². The van der Waals surface area contributed by atoms with Crippen molar-refractivity contribution in [3.63, 3.8) is 0 Å². The highest BCUT2D eigenvalue weighted by Gasteiger charge is 2.23. The highest BCUT2D eigenvalue weighted by atomic mass is 35.5. The van der Waals surface area contributed by atoms with E-state index in [1.165, 1.54) is 50.3 Å². The van der Waals surface area contributed by atoms with Crippen LogP contribution >= 0.6 is 11.6 Å². The number of nitrogens with zero attached hydrogens (tertiary/aromatic N) is 2. The van der Waals surface area contributed by atoms with Gasteiger partial charge in [-0.2, -0.15) is 0 Å². The fraction of sp³-hybridized carbons (Fsp3) is 0.